The number of fused-ring (bicyclic) bond motifs is 1. The number of carbonyl (C=O) groups is 1. The summed E-state index contributed by atoms with van der Waals surface area (Å²) in [4.78, 5) is 12.4. The van der Waals surface area contributed by atoms with Gasteiger partial charge in [-0.3, -0.25) is 9.48 Å². The molecule has 6 heteroatoms. The van der Waals surface area contributed by atoms with Crippen LogP contribution in [-0.4, -0.2) is 15.7 Å². The van der Waals surface area contributed by atoms with Gasteiger partial charge in [0.25, 0.3) is 5.91 Å². The van der Waals surface area contributed by atoms with Gasteiger partial charge in [-0.25, -0.2) is 4.39 Å². The van der Waals surface area contributed by atoms with E-state index in [4.69, 9.17) is 5.73 Å². The van der Waals surface area contributed by atoms with Gasteiger partial charge in [0.15, 0.2) is 5.82 Å². The minimum Gasteiger partial charge on any atom is -0.397 e. The van der Waals surface area contributed by atoms with Crippen LogP contribution in [0.5, 0.6) is 0 Å². The first-order valence-electron chi connectivity index (χ1n) is 8.46. The third-order valence-corrected chi connectivity index (χ3v) is 4.30. The maximum Gasteiger partial charge on any atom is 0.255 e. The quantitative estimate of drug-likeness (QED) is 0.539. The molecule has 1 amide bonds. The molecule has 0 aliphatic rings. The molecular formula is C21H17FN4O. The summed E-state index contributed by atoms with van der Waals surface area (Å²) in [5.41, 5.74) is 8.78. The fraction of sp³-hybridized carbons (Fsp3) is 0.0476. The van der Waals surface area contributed by atoms with Crippen LogP contribution in [0, 0.1) is 5.82 Å². The van der Waals surface area contributed by atoms with Gasteiger partial charge in [-0.2, -0.15) is 5.10 Å². The lowest BCUT2D eigenvalue weighted by molar-refractivity contribution is 0.102. The van der Waals surface area contributed by atoms with E-state index in [0.29, 0.717) is 29.0 Å². The van der Waals surface area contributed by atoms with E-state index in [1.165, 1.54) is 6.07 Å². The van der Waals surface area contributed by atoms with E-state index >= 15 is 0 Å². The minimum absolute atomic E-state index is 0.230. The molecule has 0 fully saturated rings. The molecule has 4 rings (SSSR count). The highest BCUT2D eigenvalue weighted by molar-refractivity contribution is 6.05. The third kappa shape index (κ3) is 3.50. The number of carbonyl (C=O) groups excluding carboxylic acids is 1. The largest absolute Gasteiger partial charge is 0.397 e. The molecule has 134 valence electrons. The van der Waals surface area contributed by atoms with Crippen molar-refractivity contribution in [3.05, 3.63) is 89.9 Å². The van der Waals surface area contributed by atoms with E-state index in [2.05, 4.69) is 10.4 Å². The van der Waals surface area contributed by atoms with Crippen molar-refractivity contribution in [3.63, 3.8) is 0 Å². The van der Waals surface area contributed by atoms with Crippen molar-refractivity contribution in [2.24, 2.45) is 0 Å². The molecule has 0 aliphatic heterocycles. The minimum atomic E-state index is -0.335. The number of nitrogens with one attached hydrogen (secondary N) is 1. The summed E-state index contributed by atoms with van der Waals surface area (Å²) in [5, 5.41) is 7.83. The number of amides is 1. The molecule has 3 N–H and O–H groups in total. The third-order valence-electron chi connectivity index (χ3n) is 4.30. The van der Waals surface area contributed by atoms with E-state index in [9.17, 15) is 9.18 Å². The van der Waals surface area contributed by atoms with Crippen LogP contribution in [0.25, 0.3) is 10.9 Å². The standard InChI is InChI=1S/C21H17FN4O/c22-17-5-3-4-16-13-26(25-20(16)17)12-14-8-10-15(11-9-14)21(27)24-19-7-2-1-6-18(19)23/h1-11,13H,12,23H2,(H,24,27). The number of rotatable bonds is 4. The SMILES string of the molecule is Nc1ccccc1NC(=O)c1ccc(Cn2cc3cccc(F)c3n2)cc1. The summed E-state index contributed by atoms with van der Waals surface area (Å²) in [6.45, 7) is 0.488. The average Bonchev–Trinajstić information content (AvgIpc) is 3.08. The predicted molar refractivity (Wildman–Crippen MR) is 104 cm³/mol. The smallest absolute Gasteiger partial charge is 0.255 e. The number of nitrogen functional groups attached to an aromatic ring is 1. The second kappa shape index (κ2) is 6.92. The summed E-state index contributed by atoms with van der Waals surface area (Å²) < 4.78 is 15.4. The Kier molecular flexibility index (Phi) is 4.30. The summed E-state index contributed by atoms with van der Waals surface area (Å²) in [6, 6.07) is 19.2. The highest BCUT2D eigenvalue weighted by Gasteiger charge is 2.09. The first-order valence-corrected chi connectivity index (χ1v) is 8.46. The van der Waals surface area contributed by atoms with Crippen molar-refractivity contribution < 1.29 is 9.18 Å². The van der Waals surface area contributed by atoms with E-state index in [0.717, 1.165) is 10.9 Å². The molecule has 0 saturated carbocycles. The molecule has 3 aromatic carbocycles. The van der Waals surface area contributed by atoms with Gasteiger partial charge >= 0.3 is 0 Å². The van der Waals surface area contributed by atoms with Crippen molar-refractivity contribution in [3.8, 4) is 0 Å². The monoisotopic (exact) mass is 360 g/mol. The van der Waals surface area contributed by atoms with Gasteiger partial charge in [-0.05, 0) is 35.9 Å². The summed E-state index contributed by atoms with van der Waals surface area (Å²) >= 11 is 0. The second-order valence-corrected chi connectivity index (χ2v) is 6.24. The molecule has 0 atom stereocenters. The number of para-hydroxylation sites is 2. The van der Waals surface area contributed by atoms with Crippen molar-refractivity contribution in [2.45, 2.75) is 6.54 Å². The van der Waals surface area contributed by atoms with Crippen LogP contribution in [0.1, 0.15) is 15.9 Å². The predicted octanol–water partition coefficient (Wildman–Crippen LogP) is 4.06. The van der Waals surface area contributed by atoms with Gasteiger partial charge < -0.3 is 11.1 Å². The van der Waals surface area contributed by atoms with Gasteiger partial charge in [0.2, 0.25) is 0 Å². The number of anilines is 2. The Bertz CT molecular complexity index is 1120. The number of nitrogens with zero attached hydrogens (tertiary/aromatic N) is 2. The fourth-order valence-corrected chi connectivity index (χ4v) is 2.89. The summed E-state index contributed by atoms with van der Waals surface area (Å²) in [5.74, 6) is -0.565. The molecule has 0 bridgehead atoms. The molecule has 4 aromatic rings. The molecule has 0 radical (unpaired) electrons. The molecule has 0 spiro atoms. The molecule has 0 unspecified atom stereocenters. The Morgan fingerprint density at radius 3 is 2.56 bits per heavy atom. The van der Waals surface area contributed by atoms with E-state index in [-0.39, 0.29) is 11.7 Å². The van der Waals surface area contributed by atoms with E-state index in [1.54, 1.807) is 41.2 Å². The first kappa shape index (κ1) is 16.8. The Hall–Kier alpha value is -3.67. The highest BCUT2D eigenvalue weighted by atomic mass is 19.1. The van der Waals surface area contributed by atoms with Gasteiger partial charge in [-0.1, -0.05) is 36.4 Å². The number of benzene rings is 3. The van der Waals surface area contributed by atoms with Crippen LogP contribution >= 0.6 is 0 Å². The number of aromatic nitrogens is 2. The molecule has 1 aromatic heterocycles. The first-order chi connectivity index (χ1) is 13.1. The topological polar surface area (TPSA) is 72.9 Å². The zero-order chi connectivity index (χ0) is 18.8. The highest BCUT2D eigenvalue weighted by Crippen LogP contribution is 2.19. The maximum atomic E-state index is 13.8. The van der Waals surface area contributed by atoms with Gasteiger partial charge in [0.05, 0.1) is 17.9 Å². The van der Waals surface area contributed by atoms with Crippen LogP contribution in [0.2, 0.25) is 0 Å². The molecular weight excluding hydrogens is 343 g/mol. The fourth-order valence-electron chi connectivity index (χ4n) is 2.89. The molecule has 0 saturated heterocycles. The Morgan fingerprint density at radius 2 is 1.81 bits per heavy atom. The van der Waals surface area contributed by atoms with Gasteiger partial charge in [0, 0.05) is 17.1 Å². The molecule has 27 heavy (non-hydrogen) atoms. The second-order valence-electron chi connectivity index (χ2n) is 6.24. The lowest BCUT2D eigenvalue weighted by Gasteiger charge is -2.08. The van der Waals surface area contributed by atoms with Crippen LogP contribution in [0.3, 0.4) is 0 Å². The summed E-state index contributed by atoms with van der Waals surface area (Å²) in [7, 11) is 0. The molecule has 5 nitrogen and oxygen atoms in total. The van der Waals surface area contributed by atoms with E-state index < -0.39 is 0 Å². The number of nitrogens with two attached hydrogens (primary N) is 1. The zero-order valence-electron chi connectivity index (χ0n) is 14.4. The van der Waals surface area contributed by atoms with Gasteiger partial charge in [-0.15, -0.1) is 0 Å². The lowest BCUT2D eigenvalue weighted by Crippen LogP contribution is -2.13. The number of hydrogen-bond donors (Lipinski definition) is 2. The number of halogens is 1. The zero-order valence-corrected chi connectivity index (χ0v) is 14.4. The Labute approximate surface area is 155 Å². The van der Waals surface area contributed by atoms with Gasteiger partial charge in [0.1, 0.15) is 5.52 Å². The van der Waals surface area contributed by atoms with Crippen molar-refractivity contribution >= 4 is 28.2 Å². The maximum absolute atomic E-state index is 13.8. The van der Waals surface area contributed by atoms with E-state index in [1.807, 2.05) is 30.3 Å². The van der Waals surface area contributed by atoms with Crippen LogP contribution in [0.15, 0.2) is 72.9 Å². The van der Waals surface area contributed by atoms with Crippen molar-refractivity contribution in [1.29, 1.82) is 0 Å². The van der Waals surface area contributed by atoms with Crippen LogP contribution < -0.4 is 11.1 Å². The number of hydrogen-bond acceptors (Lipinski definition) is 3. The molecule has 0 aliphatic carbocycles. The Morgan fingerprint density at radius 1 is 1.04 bits per heavy atom. The Balaban J connectivity index is 1.49. The lowest BCUT2D eigenvalue weighted by atomic mass is 10.1. The normalized spacial score (nSPS) is 10.9. The van der Waals surface area contributed by atoms with Crippen molar-refractivity contribution in [1.82, 2.24) is 9.78 Å². The summed E-state index contributed by atoms with van der Waals surface area (Å²) in [6.07, 6.45) is 1.80. The molecule has 1 heterocycles. The van der Waals surface area contributed by atoms with Crippen molar-refractivity contribution in [2.75, 3.05) is 11.1 Å². The van der Waals surface area contributed by atoms with Crippen LogP contribution in [-0.2, 0) is 6.54 Å². The average molecular weight is 360 g/mol. The van der Waals surface area contributed by atoms with Crippen LogP contribution in [0.4, 0.5) is 15.8 Å².